The van der Waals surface area contributed by atoms with Gasteiger partial charge in [0.05, 0.1) is 73.4 Å². The molecule has 2 aliphatic heterocycles. The van der Waals surface area contributed by atoms with Crippen LogP contribution >= 0.6 is 69.0 Å². The maximum absolute atomic E-state index is 4.47. The van der Waals surface area contributed by atoms with E-state index in [9.17, 15) is 0 Å². The molecule has 30 nitrogen and oxygen atoms in total. The number of aromatic nitrogens is 20. The van der Waals surface area contributed by atoms with Crippen molar-refractivity contribution in [3.8, 4) is 0 Å². The second-order valence-electron chi connectivity index (χ2n) is 9.06. The number of azo groups is 1. The lowest BCUT2D eigenvalue weighted by molar-refractivity contribution is 0.307. The van der Waals surface area contributed by atoms with E-state index in [1.54, 1.807) is 101 Å². The van der Waals surface area contributed by atoms with E-state index in [1.165, 1.54) is 133 Å². The number of rotatable bonds is 0. The summed E-state index contributed by atoms with van der Waals surface area (Å²) in [5.41, 5.74) is 6.83. The summed E-state index contributed by atoms with van der Waals surface area (Å²) in [6, 6.07) is 3.63. The summed E-state index contributed by atoms with van der Waals surface area (Å²) in [6.07, 6.45) is 36.6. The molecule has 0 saturated heterocycles. The number of hydrogen-bond donors (Lipinski definition) is 0. The highest BCUT2D eigenvalue weighted by molar-refractivity contribution is 7.07. The first kappa shape index (κ1) is 59.2. The molecule has 0 saturated carbocycles. The first-order chi connectivity index (χ1) is 35.0. The molecular formula is C34H36N24O6S6. The number of nitrogens with zero attached hydrogens (tertiary/aromatic N) is 24. The van der Waals surface area contributed by atoms with Crippen LogP contribution in [0.15, 0.2) is 229 Å². The van der Waals surface area contributed by atoms with Gasteiger partial charge in [-0.3, -0.25) is 4.98 Å². The minimum Gasteiger partial charge on any atom is -0.452 e. The Morgan fingerprint density at radius 1 is 0.457 bits per heavy atom. The van der Waals surface area contributed by atoms with E-state index < -0.39 is 0 Å². The zero-order chi connectivity index (χ0) is 49.5. The van der Waals surface area contributed by atoms with Gasteiger partial charge in [0.1, 0.15) is 41.6 Å². The summed E-state index contributed by atoms with van der Waals surface area (Å²) in [5.74, 6) is 0. The van der Waals surface area contributed by atoms with Crippen LogP contribution in [0.3, 0.4) is 0 Å². The molecule has 14 heterocycles. The average Bonchev–Trinajstić information content (AvgIpc) is 4.33. The Hall–Kier alpha value is -8.84. The zero-order valence-corrected chi connectivity index (χ0v) is 40.4. The van der Waals surface area contributed by atoms with Crippen molar-refractivity contribution in [3.05, 3.63) is 182 Å². The molecule has 0 fully saturated rings. The number of oxazole rings is 1. The molecule has 0 aromatic carbocycles. The Kier molecular flexibility index (Phi) is 47.6. The van der Waals surface area contributed by atoms with E-state index in [-0.39, 0.29) is 0 Å². The van der Waals surface area contributed by atoms with E-state index in [0.717, 1.165) is 13.0 Å². The van der Waals surface area contributed by atoms with Crippen LogP contribution in [0.4, 0.5) is 0 Å². The van der Waals surface area contributed by atoms with Crippen LogP contribution in [0.1, 0.15) is 6.42 Å². The topological polar surface area (TPSA) is 386 Å². The Bertz CT molecular complexity index is 1690. The molecule has 364 valence electrons. The van der Waals surface area contributed by atoms with Gasteiger partial charge in [0.2, 0.25) is 19.2 Å². The first-order valence-corrected chi connectivity index (χ1v) is 23.1. The highest BCUT2D eigenvalue weighted by Crippen LogP contribution is 1.87. The summed E-state index contributed by atoms with van der Waals surface area (Å²) in [4.78, 5) is 14.4. The molecule has 0 amide bonds. The molecule has 12 aromatic rings. The van der Waals surface area contributed by atoms with E-state index in [1.807, 2.05) is 28.3 Å². The van der Waals surface area contributed by atoms with Gasteiger partial charge in [-0.1, -0.05) is 25.1 Å². The van der Waals surface area contributed by atoms with Crippen molar-refractivity contribution in [1.82, 2.24) is 98.4 Å². The van der Waals surface area contributed by atoms with E-state index in [2.05, 4.69) is 146 Å². The fourth-order valence-electron chi connectivity index (χ4n) is 2.26. The average molecular weight is 1070 g/mol. The third kappa shape index (κ3) is 53.5. The molecule has 14 rings (SSSR count). The highest BCUT2D eigenvalue weighted by atomic mass is 32.1. The third-order valence-electron chi connectivity index (χ3n) is 4.53. The summed E-state index contributed by atoms with van der Waals surface area (Å²) in [5, 5.41) is 56.4. The molecule has 0 atom stereocenters. The Balaban J connectivity index is 0.000000377. The third-order valence-corrected chi connectivity index (χ3v) is 7.30. The standard InChI is InChI=1S/2C3H4N2.2C3H3NO.2C3H3NS.4C2H2N2O.4C2H2N2S/c2*1-2-4-5-3-1;1-2-5-3-4-1;1-2-4-5-3-1;1-2-5-3-4-1;1-2-4-5-3-1;1-3-4-2-5-1;1-3-2-5-4-1;1-2-5-4-3-1;1-2-4-5-3-1;1-3-4-2-5-1;1-3-2-5-4-1;1-2-5-4-3-1;1-2-4-5-3-1/h2-3H,1H2;1-2H,3H2;4*1-3H;8*1-2H. The fourth-order valence-corrected chi connectivity index (χ4v) is 4.05. The predicted molar refractivity (Wildman–Crippen MR) is 255 cm³/mol. The van der Waals surface area contributed by atoms with Crippen LogP contribution in [0.2, 0.25) is 0 Å². The quantitative estimate of drug-likeness (QED) is 0.142. The fraction of sp³-hybridized carbons (Fsp3) is 0.0588. The second kappa shape index (κ2) is 56.3. The van der Waals surface area contributed by atoms with Gasteiger partial charge in [-0.2, -0.15) is 33.6 Å². The van der Waals surface area contributed by atoms with Gasteiger partial charge in [0, 0.05) is 58.9 Å². The summed E-state index contributed by atoms with van der Waals surface area (Å²) in [6.45, 7) is 0.778. The first-order valence-electron chi connectivity index (χ1n) is 18.0. The van der Waals surface area contributed by atoms with Gasteiger partial charge in [-0.05, 0) is 52.8 Å². The van der Waals surface area contributed by atoms with Gasteiger partial charge in [0.15, 0.2) is 12.7 Å². The molecule has 0 unspecified atom stereocenters. The highest BCUT2D eigenvalue weighted by Gasteiger charge is 1.75. The summed E-state index contributed by atoms with van der Waals surface area (Å²) >= 11 is 8.47. The largest absolute Gasteiger partial charge is 0.452 e. The maximum atomic E-state index is 4.47. The van der Waals surface area contributed by atoms with Crippen molar-refractivity contribution in [2.45, 2.75) is 6.42 Å². The van der Waals surface area contributed by atoms with Crippen molar-refractivity contribution in [2.75, 3.05) is 6.54 Å². The predicted octanol–water partition coefficient (Wildman–Crippen LogP) is 7.48. The van der Waals surface area contributed by atoms with Crippen LogP contribution in [-0.2, 0) is 0 Å². The van der Waals surface area contributed by atoms with Gasteiger partial charge >= 0.3 is 0 Å². The maximum Gasteiger partial charge on any atom is 0.213 e. The van der Waals surface area contributed by atoms with E-state index in [4.69, 9.17) is 0 Å². The monoisotopic (exact) mass is 1070 g/mol. The van der Waals surface area contributed by atoms with Gasteiger partial charge < -0.3 is 22.4 Å². The molecule has 2 aliphatic rings. The van der Waals surface area contributed by atoms with Gasteiger partial charge in [-0.15, -0.1) is 53.3 Å². The molecular weight excluding hydrogens is 1030 g/mol. The van der Waals surface area contributed by atoms with Crippen molar-refractivity contribution < 1.29 is 27.0 Å². The molecule has 0 N–H and O–H groups in total. The minimum absolute atomic E-state index is 0.778. The smallest absolute Gasteiger partial charge is 0.213 e. The lowest BCUT2D eigenvalue weighted by atomic mass is 10.5. The minimum atomic E-state index is 0.778. The van der Waals surface area contributed by atoms with Crippen LogP contribution in [0, 0.1) is 0 Å². The van der Waals surface area contributed by atoms with Crippen LogP contribution < -0.4 is 0 Å². The van der Waals surface area contributed by atoms with Crippen LogP contribution in [0.25, 0.3) is 0 Å². The SMILES string of the molecule is C1=CN=NC1.C1=NN=CC1.c1cnoc1.c1cnon1.c1cnsc1.c1cnsn1.c1cocn1.c1conn1.c1cscn1.c1csnn1.c1ncon1.c1ncsn1.c1nnco1.c1nncs1. The van der Waals surface area contributed by atoms with Crippen molar-refractivity contribution in [2.24, 2.45) is 20.4 Å². The summed E-state index contributed by atoms with van der Waals surface area (Å²) < 4.78 is 43.9. The Morgan fingerprint density at radius 2 is 1.31 bits per heavy atom. The van der Waals surface area contributed by atoms with Crippen molar-refractivity contribution in [3.63, 3.8) is 0 Å². The van der Waals surface area contributed by atoms with Crippen molar-refractivity contribution >= 4 is 81.4 Å². The molecule has 0 radical (unpaired) electrons. The molecule has 0 aliphatic carbocycles. The van der Waals surface area contributed by atoms with Gasteiger partial charge in [0.25, 0.3) is 0 Å². The Labute approximate surface area is 419 Å². The zero-order valence-electron chi connectivity index (χ0n) is 35.5. The van der Waals surface area contributed by atoms with Crippen molar-refractivity contribution in [1.29, 1.82) is 0 Å². The number of hydrogen-bond acceptors (Lipinski definition) is 36. The normalized spacial score (nSPS) is 9.37. The molecule has 12 aromatic heterocycles. The molecule has 0 spiro atoms. The molecule has 36 heteroatoms. The lowest BCUT2D eigenvalue weighted by Crippen LogP contribution is -1.60. The second-order valence-corrected chi connectivity index (χ2v) is 13.1. The number of thiazole rings is 1. The van der Waals surface area contributed by atoms with E-state index in [0.29, 0.717) is 0 Å². The van der Waals surface area contributed by atoms with E-state index >= 15 is 0 Å². The summed E-state index contributed by atoms with van der Waals surface area (Å²) in [7, 11) is 0. The van der Waals surface area contributed by atoms with Gasteiger partial charge in [-0.25, -0.2) is 24.0 Å². The van der Waals surface area contributed by atoms with Crippen LogP contribution in [-0.4, -0.2) is 117 Å². The Morgan fingerprint density at radius 3 is 1.51 bits per heavy atom. The van der Waals surface area contributed by atoms with Crippen LogP contribution in [0.5, 0.6) is 0 Å². The molecule has 0 bridgehead atoms. The molecule has 70 heavy (non-hydrogen) atoms. The lowest BCUT2D eigenvalue weighted by Gasteiger charge is -1.56.